The first-order valence-corrected chi connectivity index (χ1v) is 6.65. The van der Waals surface area contributed by atoms with Gasteiger partial charge in [-0.3, -0.25) is 9.59 Å². The van der Waals surface area contributed by atoms with Gasteiger partial charge in [0.05, 0.1) is 5.69 Å². The SMILES string of the molecule is C=C1CCN(C(=O)CC(=O)Nc2ccc(F)cc2F)CC1. The lowest BCUT2D eigenvalue weighted by atomic mass is 10.1. The minimum atomic E-state index is -0.870. The highest BCUT2D eigenvalue weighted by molar-refractivity contribution is 6.03. The third kappa shape index (κ3) is 4.11. The molecule has 1 aliphatic heterocycles. The minimum absolute atomic E-state index is 0.138. The smallest absolute Gasteiger partial charge is 0.233 e. The van der Waals surface area contributed by atoms with Crippen molar-refractivity contribution >= 4 is 17.5 Å². The number of hydrogen-bond donors (Lipinski definition) is 1. The average Bonchev–Trinajstić information content (AvgIpc) is 2.42. The fraction of sp³-hybridized carbons (Fsp3) is 0.333. The van der Waals surface area contributed by atoms with Gasteiger partial charge in [0.1, 0.15) is 18.1 Å². The van der Waals surface area contributed by atoms with Crippen LogP contribution in [0.15, 0.2) is 30.4 Å². The molecule has 2 amide bonds. The lowest BCUT2D eigenvalue weighted by Crippen LogP contribution is -2.38. The summed E-state index contributed by atoms with van der Waals surface area (Å²) in [5, 5.41) is 2.27. The summed E-state index contributed by atoms with van der Waals surface area (Å²) in [5.41, 5.74) is 0.957. The van der Waals surface area contributed by atoms with E-state index in [-0.39, 0.29) is 18.0 Å². The molecule has 0 unspecified atom stereocenters. The maximum absolute atomic E-state index is 13.4. The molecule has 1 aromatic rings. The van der Waals surface area contributed by atoms with Crippen molar-refractivity contribution in [2.24, 2.45) is 0 Å². The molecular formula is C15H16F2N2O2. The summed E-state index contributed by atoms with van der Waals surface area (Å²) < 4.78 is 26.1. The van der Waals surface area contributed by atoms with Gasteiger partial charge in [0.2, 0.25) is 11.8 Å². The zero-order valence-corrected chi connectivity index (χ0v) is 11.5. The van der Waals surface area contributed by atoms with E-state index in [9.17, 15) is 18.4 Å². The van der Waals surface area contributed by atoms with Gasteiger partial charge in [-0.1, -0.05) is 12.2 Å². The number of benzene rings is 1. The molecular weight excluding hydrogens is 278 g/mol. The van der Waals surface area contributed by atoms with Gasteiger partial charge in [0.15, 0.2) is 0 Å². The molecule has 112 valence electrons. The first-order valence-electron chi connectivity index (χ1n) is 6.65. The largest absolute Gasteiger partial charge is 0.342 e. The van der Waals surface area contributed by atoms with E-state index in [1.54, 1.807) is 4.90 Å². The normalized spacial score (nSPS) is 15.0. The summed E-state index contributed by atoms with van der Waals surface area (Å²) in [6.07, 6.45) is 1.11. The number of nitrogens with zero attached hydrogens (tertiary/aromatic N) is 1. The Labute approximate surface area is 121 Å². The van der Waals surface area contributed by atoms with Gasteiger partial charge in [-0.05, 0) is 25.0 Å². The quantitative estimate of drug-likeness (QED) is 0.688. The molecule has 0 aromatic heterocycles. The number of likely N-dealkylation sites (tertiary alicyclic amines) is 1. The Bertz CT molecular complexity index is 577. The second kappa shape index (κ2) is 6.47. The van der Waals surface area contributed by atoms with Gasteiger partial charge < -0.3 is 10.2 Å². The first kappa shape index (κ1) is 15.2. The fourth-order valence-electron chi connectivity index (χ4n) is 2.11. The van der Waals surface area contributed by atoms with E-state index in [0.29, 0.717) is 19.2 Å². The van der Waals surface area contributed by atoms with Crippen LogP contribution in [-0.4, -0.2) is 29.8 Å². The second-order valence-electron chi connectivity index (χ2n) is 4.98. The van der Waals surface area contributed by atoms with Crippen LogP contribution in [0.3, 0.4) is 0 Å². The Balaban J connectivity index is 1.89. The number of halogens is 2. The third-order valence-corrected chi connectivity index (χ3v) is 3.34. The van der Waals surface area contributed by atoms with Crippen LogP contribution in [-0.2, 0) is 9.59 Å². The van der Waals surface area contributed by atoms with Crippen LogP contribution in [0.5, 0.6) is 0 Å². The number of amides is 2. The van der Waals surface area contributed by atoms with E-state index in [0.717, 1.165) is 30.5 Å². The molecule has 1 heterocycles. The second-order valence-corrected chi connectivity index (χ2v) is 4.98. The van der Waals surface area contributed by atoms with E-state index in [1.165, 1.54) is 0 Å². The van der Waals surface area contributed by atoms with Crippen LogP contribution in [0.25, 0.3) is 0 Å². The summed E-state index contributed by atoms with van der Waals surface area (Å²) >= 11 is 0. The average molecular weight is 294 g/mol. The molecule has 0 atom stereocenters. The summed E-state index contributed by atoms with van der Waals surface area (Å²) in [6.45, 7) is 4.95. The van der Waals surface area contributed by atoms with Crippen molar-refractivity contribution in [1.29, 1.82) is 0 Å². The topological polar surface area (TPSA) is 49.4 Å². The molecule has 1 aliphatic rings. The van der Waals surface area contributed by atoms with Crippen LogP contribution >= 0.6 is 0 Å². The Hall–Kier alpha value is -2.24. The molecule has 0 radical (unpaired) electrons. The zero-order valence-electron chi connectivity index (χ0n) is 11.5. The number of anilines is 1. The van der Waals surface area contributed by atoms with Crippen LogP contribution in [0.4, 0.5) is 14.5 Å². The number of piperidine rings is 1. The Kier molecular flexibility index (Phi) is 4.67. The summed E-state index contributed by atoms with van der Waals surface area (Å²) in [6, 6.07) is 2.84. The molecule has 0 spiro atoms. The van der Waals surface area contributed by atoms with Gasteiger partial charge >= 0.3 is 0 Å². The van der Waals surface area contributed by atoms with Crippen molar-refractivity contribution in [2.45, 2.75) is 19.3 Å². The Morgan fingerprint density at radius 1 is 1.24 bits per heavy atom. The van der Waals surface area contributed by atoms with Gasteiger partial charge in [-0.15, -0.1) is 0 Å². The Morgan fingerprint density at radius 3 is 2.52 bits per heavy atom. The first-order chi connectivity index (χ1) is 9.95. The van der Waals surface area contributed by atoms with Gasteiger partial charge in [-0.2, -0.15) is 0 Å². The molecule has 1 fully saturated rings. The van der Waals surface area contributed by atoms with Crippen LogP contribution < -0.4 is 5.32 Å². The van der Waals surface area contributed by atoms with E-state index < -0.39 is 17.5 Å². The van der Waals surface area contributed by atoms with Gasteiger partial charge in [0, 0.05) is 19.2 Å². The van der Waals surface area contributed by atoms with Crippen molar-refractivity contribution in [2.75, 3.05) is 18.4 Å². The molecule has 21 heavy (non-hydrogen) atoms. The van der Waals surface area contributed by atoms with Crippen molar-refractivity contribution in [3.8, 4) is 0 Å². The predicted octanol–water partition coefficient (Wildman–Crippen LogP) is 2.47. The van der Waals surface area contributed by atoms with Gasteiger partial charge in [0.25, 0.3) is 0 Å². The minimum Gasteiger partial charge on any atom is -0.342 e. The Morgan fingerprint density at radius 2 is 1.90 bits per heavy atom. The van der Waals surface area contributed by atoms with Crippen molar-refractivity contribution in [3.05, 3.63) is 42.0 Å². The number of carbonyl (C=O) groups excluding carboxylic acids is 2. The van der Waals surface area contributed by atoms with Crippen molar-refractivity contribution in [1.82, 2.24) is 4.90 Å². The molecule has 0 aliphatic carbocycles. The van der Waals surface area contributed by atoms with E-state index in [2.05, 4.69) is 11.9 Å². The molecule has 1 N–H and O–H groups in total. The van der Waals surface area contributed by atoms with Gasteiger partial charge in [-0.25, -0.2) is 8.78 Å². The number of nitrogens with one attached hydrogen (secondary N) is 1. The highest BCUT2D eigenvalue weighted by Gasteiger charge is 2.21. The fourth-order valence-corrected chi connectivity index (χ4v) is 2.11. The molecule has 1 aromatic carbocycles. The molecule has 4 nitrogen and oxygen atoms in total. The maximum atomic E-state index is 13.4. The van der Waals surface area contributed by atoms with Crippen molar-refractivity contribution < 1.29 is 18.4 Å². The molecule has 1 saturated heterocycles. The van der Waals surface area contributed by atoms with Crippen molar-refractivity contribution in [3.63, 3.8) is 0 Å². The standard InChI is InChI=1S/C15H16F2N2O2/c1-10-4-6-19(7-5-10)15(21)9-14(20)18-13-3-2-11(16)8-12(13)17/h2-3,8H,1,4-7,9H2,(H,18,20). The number of hydrogen-bond acceptors (Lipinski definition) is 2. The summed E-state index contributed by atoms with van der Waals surface area (Å²) in [4.78, 5) is 25.2. The number of rotatable bonds is 3. The lowest BCUT2D eigenvalue weighted by Gasteiger charge is -2.27. The molecule has 0 saturated carbocycles. The van der Waals surface area contributed by atoms with E-state index in [4.69, 9.17) is 0 Å². The van der Waals surface area contributed by atoms with E-state index >= 15 is 0 Å². The highest BCUT2D eigenvalue weighted by Crippen LogP contribution is 2.17. The molecule has 6 heteroatoms. The summed E-state index contributed by atoms with van der Waals surface area (Å²) in [5.74, 6) is -2.52. The monoisotopic (exact) mass is 294 g/mol. The highest BCUT2D eigenvalue weighted by atomic mass is 19.1. The van der Waals surface area contributed by atoms with E-state index in [1.807, 2.05) is 0 Å². The molecule has 2 rings (SSSR count). The third-order valence-electron chi connectivity index (χ3n) is 3.34. The predicted molar refractivity (Wildman–Crippen MR) is 74.6 cm³/mol. The maximum Gasteiger partial charge on any atom is 0.233 e. The van der Waals surface area contributed by atoms with Crippen LogP contribution in [0.1, 0.15) is 19.3 Å². The molecule has 0 bridgehead atoms. The summed E-state index contributed by atoms with van der Waals surface area (Å²) in [7, 11) is 0. The van der Waals surface area contributed by atoms with Crippen LogP contribution in [0, 0.1) is 11.6 Å². The number of carbonyl (C=O) groups is 2. The lowest BCUT2D eigenvalue weighted by molar-refractivity contribution is -0.134. The zero-order chi connectivity index (χ0) is 15.4. The van der Waals surface area contributed by atoms with Crippen LogP contribution in [0.2, 0.25) is 0 Å².